The van der Waals surface area contributed by atoms with Crippen LogP contribution in [0.5, 0.6) is 0 Å². The zero-order chi connectivity index (χ0) is 18.6. The summed E-state index contributed by atoms with van der Waals surface area (Å²) >= 11 is 0. The lowest BCUT2D eigenvalue weighted by Crippen LogP contribution is -2.36. The second-order valence-corrected chi connectivity index (χ2v) is 5.52. The lowest BCUT2D eigenvalue weighted by molar-refractivity contribution is -0.137. The van der Waals surface area contributed by atoms with Gasteiger partial charge in [0.1, 0.15) is 0 Å². The van der Waals surface area contributed by atoms with E-state index in [1.807, 2.05) is 28.8 Å². The molecule has 0 aliphatic rings. The van der Waals surface area contributed by atoms with Crippen molar-refractivity contribution in [1.82, 2.24) is 25.2 Å². The normalized spacial score (nSPS) is 12.4. The minimum atomic E-state index is -4.36. The van der Waals surface area contributed by atoms with Crippen LogP contribution in [0.2, 0.25) is 0 Å². The maximum atomic E-state index is 12.8. The Hall–Kier alpha value is -3.10. The lowest BCUT2D eigenvalue weighted by atomic mass is 10.1. The highest BCUT2D eigenvalue weighted by molar-refractivity contribution is 5.79. The molecule has 6 nitrogen and oxygen atoms in total. The summed E-state index contributed by atoms with van der Waals surface area (Å²) in [7, 11) is 1.59. The molecule has 0 radical (unpaired) electrons. The number of alkyl halides is 3. The molecular weight excluding hydrogens is 345 g/mol. The van der Waals surface area contributed by atoms with E-state index in [1.165, 1.54) is 6.07 Å². The summed E-state index contributed by atoms with van der Waals surface area (Å²) in [4.78, 5) is 4.07. The molecule has 2 heterocycles. The molecule has 136 valence electrons. The quantitative estimate of drug-likeness (QED) is 0.553. The number of hydrogen-bond acceptors (Lipinski definition) is 3. The summed E-state index contributed by atoms with van der Waals surface area (Å²) in [6.45, 7) is 0.581. The van der Waals surface area contributed by atoms with Gasteiger partial charge in [0.2, 0.25) is 0 Å². The van der Waals surface area contributed by atoms with Gasteiger partial charge >= 0.3 is 6.18 Å². The van der Waals surface area contributed by atoms with Gasteiger partial charge in [-0.3, -0.25) is 9.39 Å². The van der Waals surface area contributed by atoms with Crippen LogP contribution in [0, 0.1) is 0 Å². The summed E-state index contributed by atoms with van der Waals surface area (Å²) in [5.41, 5.74) is 0.571. The van der Waals surface area contributed by atoms with E-state index < -0.39 is 11.7 Å². The largest absolute Gasteiger partial charge is 0.416 e. The first-order valence-electron chi connectivity index (χ1n) is 7.86. The molecule has 0 amide bonds. The molecule has 0 spiro atoms. The third-order valence-corrected chi connectivity index (χ3v) is 3.74. The maximum Gasteiger partial charge on any atom is 0.416 e. The molecule has 0 atom stereocenters. The number of fused-ring (bicyclic) bond motifs is 1. The van der Waals surface area contributed by atoms with Gasteiger partial charge in [-0.05, 0) is 29.8 Å². The smallest absolute Gasteiger partial charge is 0.352 e. The highest BCUT2D eigenvalue weighted by Gasteiger charge is 2.30. The third-order valence-electron chi connectivity index (χ3n) is 3.74. The molecule has 3 rings (SSSR count). The van der Waals surface area contributed by atoms with Crippen LogP contribution >= 0.6 is 0 Å². The van der Waals surface area contributed by atoms with Crippen LogP contribution in [0.25, 0.3) is 5.65 Å². The van der Waals surface area contributed by atoms with Gasteiger partial charge in [-0.15, -0.1) is 10.2 Å². The highest BCUT2D eigenvalue weighted by Crippen LogP contribution is 2.29. The summed E-state index contributed by atoms with van der Waals surface area (Å²) < 4.78 is 40.1. The molecular formula is C17H17F3N6. The third kappa shape index (κ3) is 4.11. The standard InChI is InChI=1S/C17H17F3N6/c1-21-16(22-10-12-5-4-6-13(9-12)17(18,19)20)23-11-15-25-24-14-7-2-3-8-26(14)15/h2-9H,10-11H2,1H3,(H2,21,22,23). The number of halogens is 3. The van der Waals surface area contributed by atoms with Crippen molar-refractivity contribution in [2.45, 2.75) is 19.3 Å². The van der Waals surface area contributed by atoms with Crippen molar-refractivity contribution >= 4 is 11.6 Å². The van der Waals surface area contributed by atoms with Crippen LogP contribution in [0.3, 0.4) is 0 Å². The van der Waals surface area contributed by atoms with Crippen LogP contribution < -0.4 is 10.6 Å². The zero-order valence-electron chi connectivity index (χ0n) is 14.0. The van der Waals surface area contributed by atoms with Crippen LogP contribution in [0.4, 0.5) is 13.2 Å². The number of nitrogens with zero attached hydrogens (tertiary/aromatic N) is 4. The predicted molar refractivity (Wildman–Crippen MR) is 91.5 cm³/mol. The molecule has 2 aromatic heterocycles. The van der Waals surface area contributed by atoms with Gasteiger partial charge < -0.3 is 10.6 Å². The van der Waals surface area contributed by atoms with E-state index in [-0.39, 0.29) is 6.54 Å². The van der Waals surface area contributed by atoms with Gasteiger partial charge in [0, 0.05) is 19.8 Å². The van der Waals surface area contributed by atoms with E-state index in [0.717, 1.165) is 17.8 Å². The van der Waals surface area contributed by atoms with E-state index in [2.05, 4.69) is 25.8 Å². The Balaban J connectivity index is 1.60. The Bertz CT molecular complexity index is 916. The Morgan fingerprint density at radius 1 is 1.08 bits per heavy atom. The lowest BCUT2D eigenvalue weighted by Gasteiger charge is -2.13. The Morgan fingerprint density at radius 3 is 2.65 bits per heavy atom. The first-order chi connectivity index (χ1) is 12.5. The minimum absolute atomic E-state index is 0.212. The fraction of sp³-hybridized carbons (Fsp3) is 0.235. The first kappa shape index (κ1) is 17.7. The predicted octanol–water partition coefficient (Wildman–Crippen LogP) is 2.61. The molecule has 0 unspecified atom stereocenters. The number of nitrogens with one attached hydrogen (secondary N) is 2. The van der Waals surface area contributed by atoms with Gasteiger partial charge in [0.15, 0.2) is 17.4 Å². The van der Waals surface area contributed by atoms with Crippen molar-refractivity contribution in [1.29, 1.82) is 0 Å². The molecule has 3 aromatic rings. The maximum absolute atomic E-state index is 12.8. The van der Waals surface area contributed by atoms with Crippen LogP contribution in [-0.2, 0) is 19.3 Å². The van der Waals surface area contributed by atoms with E-state index in [9.17, 15) is 13.2 Å². The molecule has 0 saturated heterocycles. The zero-order valence-corrected chi connectivity index (χ0v) is 14.0. The van der Waals surface area contributed by atoms with Crippen molar-refractivity contribution in [3.8, 4) is 0 Å². The van der Waals surface area contributed by atoms with Crippen LogP contribution in [0.1, 0.15) is 17.0 Å². The molecule has 0 fully saturated rings. The SMILES string of the molecule is CN=C(NCc1cccc(C(F)(F)F)c1)NCc1nnc2ccccn12. The van der Waals surface area contributed by atoms with E-state index >= 15 is 0 Å². The second-order valence-electron chi connectivity index (χ2n) is 5.52. The monoisotopic (exact) mass is 362 g/mol. The molecule has 1 aromatic carbocycles. The molecule has 9 heteroatoms. The fourth-order valence-electron chi connectivity index (χ4n) is 2.44. The Kier molecular flexibility index (Phi) is 5.06. The average Bonchev–Trinajstić information content (AvgIpc) is 3.05. The van der Waals surface area contributed by atoms with E-state index in [1.54, 1.807) is 13.1 Å². The van der Waals surface area contributed by atoms with Crippen LogP contribution in [0.15, 0.2) is 53.7 Å². The Morgan fingerprint density at radius 2 is 1.88 bits per heavy atom. The Labute approximate surface area is 147 Å². The number of benzene rings is 1. The first-order valence-corrected chi connectivity index (χ1v) is 7.86. The summed E-state index contributed by atoms with van der Waals surface area (Å²) in [6.07, 6.45) is -2.50. The van der Waals surface area contributed by atoms with Gasteiger partial charge in [-0.1, -0.05) is 18.2 Å². The second kappa shape index (κ2) is 7.42. The molecule has 0 aliphatic heterocycles. The topological polar surface area (TPSA) is 66.6 Å². The van der Waals surface area contributed by atoms with Crippen molar-refractivity contribution in [2.75, 3.05) is 7.05 Å². The number of aliphatic imine (C=N–C) groups is 1. The van der Waals surface area contributed by atoms with Gasteiger partial charge in [-0.25, -0.2) is 0 Å². The number of hydrogen-bond donors (Lipinski definition) is 2. The fourth-order valence-corrected chi connectivity index (χ4v) is 2.44. The highest BCUT2D eigenvalue weighted by atomic mass is 19.4. The molecule has 2 N–H and O–H groups in total. The average molecular weight is 362 g/mol. The minimum Gasteiger partial charge on any atom is -0.352 e. The van der Waals surface area contributed by atoms with Crippen molar-refractivity contribution in [3.63, 3.8) is 0 Å². The summed E-state index contributed by atoms with van der Waals surface area (Å²) in [6, 6.07) is 10.8. The van der Waals surface area contributed by atoms with E-state index in [4.69, 9.17) is 0 Å². The van der Waals surface area contributed by atoms with Crippen molar-refractivity contribution in [2.24, 2.45) is 4.99 Å². The number of aromatic nitrogens is 3. The number of pyridine rings is 1. The van der Waals surface area contributed by atoms with Crippen molar-refractivity contribution in [3.05, 3.63) is 65.6 Å². The van der Waals surface area contributed by atoms with Gasteiger partial charge in [0.25, 0.3) is 0 Å². The molecule has 0 bridgehead atoms. The van der Waals surface area contributed by atoms with Gasteiger partial charge in [-0.2, -0.15) is 13.2 Å². The summed E-state index contributed by atoms with van der Waals surface area (Å²) in [5, 5.41) is 14.2. The molecule has 0 aliphatic carbocycles. The van der Waals surface area contributed by atoms with Crippen molar-refractivity contribution < 1.29 is 13.2 Å². The number of rotatable bonds is 4. The number of guanidine groups is 1. The molecule has 26 heavy (non-hydrogen) atoms. The van der Waals surface area contributed by atoms with Crippen LogP contribution in [-0.4, -0.2) is 27.6 Å². The van der Waals surface area contributed by atoms with Gasteiger partial charge in [0.05, 0.1) is 12.1 Å². The van der Waals surface area contributed by atoms with E-state index in [0.29, 0.717) is 23.9 Å². The summed E-state index contributed by atoms with van der Waals surface area (Å²) in [5.74, 6) is 1.15. The molecule has 0 saturated carbocycles.